The van der Waals surface area contributed by atoms with E-state index in [4.69, 9.17) is 10.5 Å². The summed E-state index contributed by atoms with van der Waals surface area (Å²) in [7, 11) is 0. The maximum Gasteiger partial charge on any atom is 0.0534 e. The van der Waals surface area contributed by atoms with Crippen molar-refractivity contribution >= 4 is 12.4 Å². The standard InChI is InChI=1S/C8H17NO.ClH/c1-2-8(6-9)4-3-5-10-7-8;/h2-7,9H2,1H3;1H. The van der Waals surface area contributed by atoms with Crippen molar-refractivity contribution in [2.24, 2.45) is 11.1 Å². The Bertz CT molecular complexity index is 96.3. The zero-order chi connectivity index (χ0) is 7.45. The molecule has 0 saturated carbocycles. The van der Waals surface area contributed by atoms with Crippen molar-refractivity contribution in [3.05, 3.63) is 0 Å². The van der Waals surface area contributed by atoms with Crippen molar-refractivity contribution in [2.75, 3.05) is 19.8 Å². The average Bonchev–Trinajstić information content (AvgIpc) is 2.06. The first-order chi connectivity index (χ1) is 4.83. The molecule has 0 amide bonds. The molecule has 1 atom stereocenters. The molecular formula is C8H18ClNO. The molecule has 0 aromatic carbocycles. The lowest BCUT2D eigenvalue weighted by Gasteiger charge is -2.34. The van der Waals surface area contributed by atoms with Gasteiger partial charge in [0.2, 0.25) is 0 Å². The minimum Gasteiger partial charge on any atom is -0.381 e. The van der Waals surface area contributed by atoms with Crippen LogP contribution < -0.4 is 5.73 Å². The van der Waals surface area contributed by atoms with Gasteiger partial charge in [0.1, 0.15) is 0 Å². The highest BCUT2D eigenvalue weighted by atomic mass is 35.5. The van der Waals surface area contributed by atoms with E-state index in [9.17, 15) is 0 Å². The lowest BCUT2D eigenvalue weighted by atomic mass is 9.80. The second-order valence-corrected chi connectivity index (χ2v) is 3.21. The average molecular weight is 180 g/mol. The molecule has 2 nitrogen and oxygen atoms in total. The molecule has 68 valence electrons. The van der Waals surface area contributed by atoms with Crippen molar-refractivity contribution < 1.29 is 4.74 Å². The molecule has 1 aliphatic heterocycles. The van der Waals surface area contributed by atoms with Crippen LogP contribution in [0.4, 0.5) is 0 Å². The highest BCUT2D eigenvalue weighted by molar-refractivity contribution is 5.85. The Hall–Kier alpha value is 0.210. The summed E-state index contributed by atoms with van der Waals surface area (Å²) in [6, 6.07) is 0. The Labute approximate surface area is 74.9 Å². The predicted molar refractivity (Wildman–Crippen MR) is 49.1 cm³/mol. The molecule has 0 aromatic heterocycles. The van der Waals surface area contributed by atoms with Gasteiger partial charge in [-0.15, -0.1) is 12.4 Å². The molecule has 0 spiro atoms. The molecule has 3 heteroatoms. The molecular weight excluding hydrogens is 162 g/mol. The van der Waals surface area contributed by atoms with Crippen LogP contribution in [0.25, 0.3) is 0 Å². The molecule has 0 aliphatic carbocycles. The van der Waals surface area contributed by atoms with Crippen molar-refractivity contribution in [3.8, 4) is 0 Å². The van der Waals surface area contributed by atoms with E-state index in [1.54, 1.807) is 0 Å². The Balaban J connectivity index is 0.000001000. The monoisotopic (exact) mass is 179 g/mol. The number of rotatable bonds is 2. The molecule has 1 saturated heterocycles. The molecule has 0 aromatic rings. The first kappa shape index (κ1) is 11.2. The summed E-state index contributed by atoms with van der Waals surface area (Å²) in [5.41, 5.74) is 5.99. The van der Waals surface area contributed by atoms with Gasteiger partial charge in [0, 0.05) is 18.6 Å². The lowest BCUT2D eigenvalue weighted by Crippen LogP contribution is -2.38. The third-order valence-electron chi connectivity index (χ3n) is 2.59. The number of halogens is 1. The van der Waals surface area contributed by atoms with E-state index < -0.39 is 0 Å². The van der Waals surface area contributed by atoms with Crippen molar-refractivity contribution in [3.63, 3.8) is 0 Å². The van der Waals surface area contributed by atoms with E-state index in [0.717, 1.165) is 26.2 Å². The van der Waals surface area contributed by atoms with Gasteiger partial charge in [-0.25, -0.2) is 0 Å². The summed E-state index contributed by atoms with van der Waals surface area (Å²) in [5, 5.41) is 0. The Morgan fingerprint density at radius 1 is 1.55 bits per heavy atom. The van der Waals surface area contributed by atoms with E-state index in [1.807, 2.05) is 0 Å². The molecule has 1 rings (SSSR count). The fourth-order valence-corrected chi connectivity index (χ4v) is 1.49. The number of ether oxygens (including phenoxy) is 1. The minimum atomic E-state index is 0. The summed E-state index contributed by atoms with van der Waals surface area (Å²) in [4.78, 5) is 0. The van der Waals surface area contributed by atoms with Crippen LogP contribution in [0.3, 0.4) is 0 Å². The van der Waals surface area contributed by atoms with Crippen LogP contribution in [0.1, 0.15) is 26.2 Å². The van der Waals surface area contributed by atoms with Gasteiger partial charge >= 0.3 is 0 Å². The molecule has 1 aliphatic rings. The van der Waals surface area contributed by atoms with Gasteiger partial charge in [-0.1, -0.05) is 6.92 Å². The van der Waals surface area contributed by atoms with Crippen LogP contribution in [0.5, 0.6) is 0 Å². The zero-order valence-corrected chi connectivity index (χ0v) is 7.95. The Morgan fingerprint density at radius 3 is 2.55 bits per heavy atom. The predicted octanol–water partition coefficient (Wildman–Crippen LogP) is 1.57. The third-order valence-corrected chi connectivity index (χ3v) is 2.59. The zero-order valence-electron chi connectivity index (χ0n) is 7.14. The van der Waals surface area contributed by atoms with Gasteiger partial charge in [-0.3, -0.25) is 0 Å². The van der Waals surface area contributed by atoms with Gasteiger partial charge in [0.25, 0.3) is 0 Å². The quantitative estimate of drug-likeness (QED) is 0.699. The Morgan fingerprint density at radius 2 is 2.27 bits per heavy atom. The fourth-order valence-electron chi connectivity index (χ4n) is 1.49. The molecule has 0 bridgehead atoms. The number of nitrogens with two attached hydrogens (primary N) is 1. The molecule has 1 fully saturated rings. The third kappa shape index (κ3) is 2.62. The van der Waals surface area contributed by atoms with E-state index in [-0.39, 0.29) is 12.4 Å². The van der Waals surface area contributed by atoms with E-state index >= 15 is 0 Å². The van der Waals surface area contributed by atoms with Crippen LogP contribution in [-0.4, -0.2) is 19.8 Å². The summed E-state index contributed by atoms with van der Waals surface area (Å²) < 4.78 is 5.39. The first-order valence-corrected chi connectivity index (χ1v) is 4.11. The van der Waals surface area contributed by atoms with E-state index in [1.165, 1.54) is 12.8 Å². The SMILES string of the molecule is CCC1(CN)CCCOC1.Cl. The van der Waals surface area contributed by atoms with Gasteiger partial charge in [0.15, 0.2) is 0 Å². The van der Waals surface area contributed by atoms with Crippen LogP contribution in [-0.2, 0) is 4.74 Å². The minimum absolute atomic E-state index is 0. The first-order valence-electron chi connectivity index (χ1n) is 4.11. The molecule has 1 heterocycles. The van der Waals surface area contributed by atoms with Gasteiger partial charge in [-0.05, 0) is 19.3 Å². The second kappa shape index (κ2) is 4.96. The van der Waals surface area contributed by atoms with Crippen LogP contribution in [0.2, 0.25) is 0 Å². The molecule has 2 N–H and O–H groups in total. The lowest BCUT2D eigenvalue weighted by molar-refractivity contribution is -0.00482. The summed E-state index contributed by atoms with van der Waals surface area (Å²) >= 11 is 0. The van der Waals surface area contributed by atoms with Crippen molar-refractivity contribution in [2.45, 2.75) is 26.2 Å². The Kier molecular flexibility index (Phi) is 5.06. The normalized spacial score (nSPS) is 31.1. The van der Waals surface area contributed by atoms with Crippen molar-refractivity contribution in [1.82, 2.24) is 0 Å². The highest BCUT2D eigenvalue weighted by Gasteiger charge is 2.28. The van der Waals surface area contributed by atoms with Gasteiger partial charge in [-0.2, -0.15) is 0 Å². The summed E-state index contributed by atoms with van der Waals surface area (Å²) in [6.07, 6.45) is 3.59. The molecule has 11 heavy (non-hydrogen) atoms. The van der Waals surface area contributed by atoms with E-state index in [0.29, 0.717) is 5.41 Å². The molecule has 0 radical (unpaired) electrons. The summed E-state index contributed by atoms with van der Waals surface area (Å²) in [5.74, 6) is 0. The summed E-state index contributed by atoms with van der Waals surface area (Å²) in [6.45, 7) is 4.78. The fraction of sp³-hybridized carbons (Fsp3) is 1.00. The number of hydrogen-bond donors (Lipinski definition) is 1. The number of hydrogen-bond acceptors (Lipinski definition) is 2. The maximum atomic E-state index is 5.67. The largest absolute Gasteiger partial charge is 0.381 e. The van der Waals surface area contributed by atoms with E-state index in [2.05, 4.69) is 6.92 Å². The van der Waals surface area contributed by atoms with Crippen LogP contribution in [0.15, 0.2) is 0 Å². The maximum absolute atomic E-state index is 5.67. The van der Waals surface area contributed by atoms with Crippen molar-refractivity contribution in [1.29, 1.82) is 0 Å². The van der Waals surface area contributed by atoms with Gasteiger partial charge in [0.05, 0.1) is 6.61 Å². The smallest absolute Gasteiger partial charge is 0.0534 e. The van der Waals surface area contributed by atoms with Crippen LogP contribution >= 0.6 is 12.4 Å². The van der Waals surface area contributed by atoms with Crippen LogP contribution in [0, 0.1) is 5.41 Å². The van der Waals surface area contributed by atoms with Gasteiger partial charge < -0.3 is 10.5 Å². The topological polar surface area (TPSA) is 35.2 Å². The molecule has 1 unspecified atom stereocenters. The highest BCUT2D eigenvalue weighted by Crippen LogP contribution is 2.30. The second-order valence-electron chi connectivity index (χ2n) is 3.21.